The molecule has 1 fully saturated rings. The molecule has 0 aliphatic carbocycles. The number of nitrogens with zero attached hydrogens (tertiary/aromatic N) is 1. The van der Waals surface area contributed by atoms with Crippen LogP contribution in [-0.2, 0) is 10.7 Å². The molecule has 0 bridgehead atoms. The van der Waals surface area contributed by atoms with Crippen LogP contribution < -0.4 is 5.32 Å². The van der Waals surface area contributed by atoms with E-state index in [1.54, 1.807) is 0 Å². The van der Waals surface area contributed by atoms with Crippen molar-refractivity contribution in [2.75, 3.05) is 25.6 Å². The van der Waals surface area contributed by atoms with Crippen molar-refractivity contribution in [3.05, 3.63) is 0 Å². The van der Waals surface area contributed by atoms with Crippen LogP contribution >= 0.6 is 0 Å². The van der Waals surface area contributed by atoms with E-state index in [2.05, 4.69) is 24.8 Å². The first-order valence-electron chi connectivity index (χ1n) is 4.42. The first-order chi connectivity index (χ1) is 5.20. The highest BCUT2D eigenvalue weighted by atomic mass is 32.2. The Morgan fingerprint density at radius 2 is 2.18 bits per heavy atom. The maximum Gasteiger partial charge on any atom is 0.0695 e. The van der Waals surface area contributed by atoms with Gasteiger partial charge in [-0.25, -0.2) is 10.7 Å². The second kappa shape index (κ2) is 4.21. The number of hydrogen-bond donors (Lipinski definition) is 1. The average Bonchev–Trinajstić information content (AvgIpc) is 1.93. The third-order valence-corrected chi connectivity index (χ3v) is 3.06. The molecular weight excluding hydrogens is 156 g/mol. The van der Waals surface area contributed by atoms with E-state index in [-0.39, 0.29) is 10.7 Å². The molecule has 0 radical (unpaired) electrons. The first-order valence-corrected chi connectivity index (χ1v) is 6.86. The molecule has 2 unspecified atom stereocenters. The topological polar surface area (TPSA) is 24.4 Å². The van der Waals surface area contributed by atoms with Gasteiger partial charge in [-0.15, -0.1) is 0 Å². The molecule has 11 heavy (non-hydrogen) atoms. The van der Waals surface area contributed by atoms with Gasteiger partial charge >= 0.3 is 0 Å². The van der Waals surface area contributed by atoms with Gasteiger partial charge in [-0.05, 0) is 31.4 Å². The molecule has 1 N–H and O–H groups in total. The number of hydrogen-bond acceptors (Lipinski definition) is 2. The Hall–Kier alpha value is 0.110. The molecule has 1 aliphatic rings. The molecule has 0 aromatic carbocycles. The van der Waals surface area contributed by atoms with Crippen molar-refractivity contribution >= 4 is 10.7 Å². The third kappa shape index (κ3) is 2.91. The smallest absolute Gasteiger partial charge is 0.0695 e. The van der Waals surface area contributed by atoms with Crippen molar-refractivity contribution in [2.45, 2.75) is 19.4 Å². The second-order valence-corrected chi connectivity index (χ2v) is 5.77. The summed E-state index contributed by atoms with van der Waals surface area (Å²) in [6, 6.07) is 0.604. The molecule has 1 heterocycles. The van der Waals surface area contributed by atoms with Crippen molar-refractivity contribution in [3.63, 3.8) is 0 Å². The standard InChI is InChI=1S/C8H20N2S/c1-7-4-5-9-6-8(7)10-11(2)3/h7-9H,4-6,11H2,1-3H3. The molecule has 0 aromatic rings. The fourth-order valence-electron chi connectivity index (χ4n) is 1.48. The van der Waals surface area contributed by atoms with Crippen LogP contribution in [0.3, 0.4) is 0 Å². The van der Waals surface area contributed by atoms with Gasteiger partial charge in [0.2, 0.25) is 0 Å². The molecule has 1 aliphatic heterocycles. The summed E-state index contributed by atoms with van der Waals surface area (Å²) in [7, 11) is -0.381. The maximum absolute atomic E-state index is 4.76. The summed E-state index contributed by atoms with van der Waals surface area (Å²) in [6.45, 7) is 4.61. The van der Waals surface area contributed by atoms with Crippen LogP contribution in [0.1, 0.15) is 13.3 Å². The Morgan fingerprint density at radius 3 is 2.73 bits per heavy atom. The van der Waals surface area contributed by atoms with Gasteiger partial charge in [-0.1, -0.05) is 6.92 Å². The Labute approximate surface area is 71.9 Å². The van der Waals surface area contributed by atoms with Crippen LogP contribution in [0.4, 0.5) is 0 Å². The van der Waals surface area contributed by atoms with E-state index in [1.807, 2.05) is 0 Å². The normalized spacial score (nSPS) is 33.2. The van der Waals surface area contributed by atoms with Crippen LogP contribution in [0.5, 0.6) is 0 Å². The summed E-state index contributed by atoms with van der Waals surface area (Å²) in [6.07, 6.45) is 5.81. The lowest BCUT2D eigenvalue weighted by molar-refractivity contribution is 0.352. The molecule has 0 spiro atoms. The largest absolute Gasteiger partial charge is 0.315 e. The van der Waals surface area contributed by atoms with Crippen LogP contribution in [0.15, 0.2) is 4.36 Å². The summed E-state index contributed by atoms with van der Waals surface area (Å²) in [4.78, 5) is 0. The van der Waals surface area contributed by atoms with Gasteiger partial charge in [0.05, 0.1) is 6.04 Å². The van der Waals surface area contributed by atoms with E-state index in [9.17, 15) is 0 Å². The van der Waals surface area contributed by atoms with E-state index in [4.69, 9.17) is 4.36 Å². The summed E-state index contributed by atoms with van der Waals surface area (Å²) < 4.78 is 4.76. The van der Waals surface area contributed by atoms with E-state index >= 15 is 0 Å². The Kier molecular flexibility index (Phi) is 3.52. The van der Waals surface area contributed by atoms with Crippen molar-refractivity contribution in [1.29, 1.82) is 0 Å². The molecule has 1 saturated heterocycles. The number of piperidine rings is 1. The molecule has 2 nitrogen and oxygen atoms in total. The zero-order valence-corrected chi connectivity index (χ0v) is 8.72. The Balaban J connectivity index is 2.48. The molecule has 2 atom stereocenters. The molecule has 3 heteroatoms. The molecule has 0 aromatic heterocycles. The highest BCUT2D eigenvalue weighted by Gasteiger charge is 2.19. The predicted molar refractivity (Wildman–Crippen MR) is 54.9 cm³/mol. The van der Waals surface area contributed by atoms with Gasteiger partial charge < -0.3 is 5.32 Å². The van der Waals surface area contributed by atoms with Crippen LogP contribution in [-0.4, -0.2) is 31.6 Å². The lowest BCUT2D eigenvalue weighted by Crippen LogP contribution is -2.38. The first kappa shape index (κ1) is 9.20. The zero-order valence-electron chi connectivity index (χ0n) is 7.72. The Morgan fingerprint density at radius 1 is 1.45 bits per heavy atom. The van der Waals surface area contributed by atoms with Crippen LogP contribution in [0, 0.1) is 5.92 Å². The third-order valence-electron chi connectivity index (χ3n) is 2.21. The fourth-order valence-corrected chi connectivity index (χ4v) is 2.49. The van der Waals surface area contributed by atoms with Crippen molar-refractivity contribution < 1.29 is 0 Å². The van der Waals surface area contributed by atoms with E-state index in [1.165, 1.54) is 13.0 Å². The minimum atomic E-state index is -0.381. The van der Waals surface area contributed by atoms with Gasteiger partial charge in [0.1, 0.15) is 0 Å². The van der Waals surface area contributed by atoms with Crippen molar-refractivity contribution in [3.8, 4) is 0 Å². The highest BCUT2D eigenvalue weighted by molar-refractivity contribution is 7.85. The average molecular weight is 176 g/mol. The summed E-state index contributed by atoms with van der Waals surface area (Å²) in [5.74, 6) is 0.802. The lowest BCUT2D eigenvalue weighted by Gasteiger charge is -2.27. The summed E-state index contributed by atoms with van der Waals surface area (Å²) >= 11 is 0. The Bertz CT molecular complexity index is 152. The molecule has 1 rings (SSSR count). The number of nitrogens with one attached hydrogen (secondary N) is 1. The summed E-state index contributed by atoms with van der Waals surface area (Å²) in [5, 5.41) is 3.39. The minimum Gasteiger partial charge on any atom is -0.315 e. The maximum atomic E-state index is 4.76. The lowest BCUT2D eigenvalue weighted by atomic mass is 9.96. The quantitative estimate of drug-likeness (QED) is 0.618. The van der Waals surface area contributed by atoms with E-state index in [0.29, 0.717) is 6.04 Å². The van der Waals surface area contributed by atoms with Gasteiger partial charge in [0, 0.05) is 6.54 Å². The monoisotopic (exact) mass is 176 g/mol. The molecular formula is C8H20N2S. The van der Waals surface area contributed by atoms with Gasteiger partial charge in [-0.2, -0.15) is 0 Å². The second-order valence-electron chi connectivity index (χ2n) is 3.61. The van der Waals surface area contributed by atoms with Gasteiger partial charge in [-0.3, -0.25) is 4.36 Å². The summed E-state index contributed by atoms with van der Waals surface area (Å²) in [5.41, 5.74) is 0. The molecule has 0 saturated carbocycles. The van der Waals surface area contributed by atoms with Crippen LogP contribution in [0.2, 0.25) is 0 Å². The minimum absolute atomic E-state index is 0.381. The predicted octanol–water partition coefficient (Wildman–Crippen LogP) is 0.510. The van der Waals surface area contributed by atoms with Crippen LogP contribution in [0.25, 0.3) is 0 Å². The van der Waals surface area contributed by atoms with Crippen molar-refractivity contribution in [1.82, 2.24) is 5.32 Å². The SMILES string of the molecule is CC1CCNCC1N=[SH2](C)C. The van der Waals surface area contributed by atoms with Crippen molar-refractivity contribution in [2.24, 2.45) is 10.3 Å². The van der Waals surface area contributed by atoms with Gasteiger partial charge in [0.25, 0.3) is 0 Å². The van der Waals surface area contributed by atoms with E-state index < -0.39 is 0 Å². The van der Waals surface area contributed by atoms with E-state index in [0.717, 1.165) is 12.5 Å². The highest BCUT2D eigenvalue weighted by Crippen LogP contribution is 2.14. The fraction of sp³-hybridized carbons (Fsp3) is 1.00. The van der Waals surface area contributed by atoms with Gasteiger partial charge in [0.15, 0.2) is 0 Å². The zero-order chi connectivity index (χ0) is 8.27. The number of rotatable bonds is 1. The molecule has 0 amide bonds. The molecule has 68 valence electrons.